The van der Waals surface area contributed by atoms with E-state index in [1.807, 2.05) is 24.3 Å². The molecule has 0 radical (unpaired) electrons. The van der Waals surface area contributed by atoms with Crippen LogP contribution in [0.25, 0.3) is 6.08 Å². The molecule has 0 saturated heterocycles. The molecule has 0 saturated carbocycles. The van der Waals surface area contributed by atoms with Gasteiger partial charge >= 0.3 is 0 Å². The van der Waals surface area contributed by atoms with Gasteiger partial charge in [-0.05, 0) is 55.2 Å². The second-order valence-corrected chi connectivity index (χ2v) is 7.92. The molecule has 6 nitrogen and oxygen atoms in total. The zero-order valence-corrected chi connectivity index (χ0v) is 18.4. The van der Waals surface area contributed by atoms with Crippen LogP contribution in [0.1, 0.15) is 30.5 Å². The Hall–Kier alpha value is -3.12. The molecule has 3 rings (SSSR count). The van der Waals surface area contributed by atoms with Gasteiger partial charge in [0.2, 0.25) is 11.8 Å². The SMILES string of the molecule is COc1ccc(/C=C/C(=O)NC(C)C(=O)NCC(C)N2CCc3ccccc3C2)cc1. The zero-order chi connectivity index (χ0) is 22.2. The molecule has 1 aliphatic rings. The van der Waals surface area contributed by atoms with Crippen molar-refractivity contribution in [1.29, 1.82) is 0 Å². The van der Waals surface area contributed by atoms with Gasteiger partial charge in [0.1, 0.15) is 11.8 Å². The second-order valence-electron chi connectivity index (χ2n) is 7.92. The summed E-state index contributed by atoms with van der Waals surface area (Å²) in [6.45, 7) is 6.24. The minimum atomic E-state index is -0.609. The summed E-state index contributed by atoms with van der Waals surface area (Å²) in [6, 6.07) is 15.5. The first kappa shape index (κ1) is 22.6. The number of fused-ring (bicyclic) bond motifs is 1. The molecule has 2 amide bonds. The summed E-state index contributed by atoms with van der Waals surface area (Å²) >= 11 is 0. The minimum absolute atomic E-state index is 0.185. The van der Waals surface area contributed by atoms with Crippen LogP contribution < -0.4 is 15.4 Å². The van der Waals surface area contributed by atoms with E-state index in [0.717, 1.165) is 30.8 Å². The standard InChI is InChI=1S/C25H31N3O3/c1-18(28-15-14-21-6-4-5-7-22(21)17-28)16-26-25(30)19(2)27-24(29)13-10-20-8-11-23(31-3)12-9-20/h4-13,18-19H,14-17H2,1-3H3,(H,26,30)(H,27,29)/b13-10+. The molecule has 2 unspecified atom stereocenters. The van der Waals surface area contributed by atoms with E-state index in [2.05, 4.69) is 46.7 Å². The van der Waals surface area contributed by atoms with E-state index < -0.39 is 6.04 Å². The van der Waals surface area contributed by atoms with Crippen molar-refractivity contribution in [3.8, 4) is 5.75 Å². The number of ether oxygens (including phenoxy) is 1. The topological polar surface area (TPSA) is 70.7 Å². The number of rotatable bonds is 8. The maximum absolute atomic E-state index is 12.4. The van der Waals surface area contributed by atoms with Crippen molar-refractivity contribution < 1.29 is 14.3 Å². The van der Waals surface area contributed by atoms with Crippen LogP contribution in [0.4, 0.5) is 0 Å². The van der Waals surface area contributed by atoms with Crippen LogP contribution in [0.2, 0.25) is 0 Å². The molecule has 0 aromatic heterocycles. The average Bonchev–Trinajstić information content (AvgIpc) is 2.80. The summed E-state index contributed by atoms with van der Waals surface area (Å²) in [5.41, 5.74) is 3.65. The molecule has 0 fully saturated rings. The summed E-state index contributed by atoms with van der Waals surface area (Å²) in [6.07, 6.45) is 4.16. The van der Waals surface area contributed by atoms with Crippen LogP contribution in [0.5, 0.6) is 5.75 Å². The number of carbonyl (C=O) groups excluding carboxylic acids is 2. The molecule has 2 N–H and O–H groups in total. The van der Waals surface area contributed by atoms with Crippen LogP contribution in [0.3, 0.4) is 0 Å². The molecule has 6 heteroatoms. The highest BCUT2D eigenvalue weighted by Crippen LogP contribution is 2.20. The van der Waals surface area contributed by atoms with E-state index in [0.29, 0.717) is 6.54 Å². The fraction of sp³-hybridized carbons (Fsp3) is 0.360. The Bertz CT molecular complexity index is 924. The molecule has 0 aliphatic carbocycles. The van der Waals surface area contributed by atoms with E-state index in [1.54, 1.807) is 20.1 Å². The Kier molecular flexibility index (Phi) is 7.84. The van der Waals surface area contributed by atoms with Crippen LogP contribution >= 0.6 is 0 Å². The summed E-state index contributed by atoms with van der Waals surface area (Å²) in [5.74, 6) is 0.268. The maximum Gasteiger partial charge on any atom is 0.244 e. The molecule has 2 atom stereocenters. The molecular weight excluding hydrogens is 390 g/mol. The lowest BCUT2D eigenvalue weighted by molar-refractivity contribution is -0.126. The first-order valence-corrected chi connectivity index (χ1v) is 10.7. The molecular formula is C25H31N3O3. The first-order chi connectivity index (χ1) is 15.0. The van der Waals surface area contributed by atoms with E-state index in [1.165, 1.54) is 17.2 Å². The Labute approximate surface area is 184 Å². The zero-order valence-electron chi connectivity index (χ0n) is 18.4. The fourth-order valence-electron chi connectivity index (χ4n) is 3.64. The van der Waals surface area contributed by atoms with Crippen molar-refractivity contribution in [3.05, 3.63) is 71.3 Å². The lowest BCUT2D eigenvalue weighted by atomic mass is 9.99. The van der Waals surface area contributed by atoms with Crippen molar-refractivity contribution in [2.45, 2.75) is 38.9 Å². The molecule has 0 bridgehead atoms. The van der Waals surface area contributed by atoms with E-state index in [-0.39, 0.29) is 17.9 Å². The number of hydrogen-bond donors (Lipinski definition) is 2. The number of amides is 2. The molecule has 1 heterocycles. The van der Waals surface area contributed by atoms with Crippen molar-refractivity contribution >= 4 is 17.9 Å². The highest BCUT2D eigenvalue weighted by molar-refractivity contribution is 5.95. The number of nitrogens with zero attached hydrogens (tertiary/aromatic N) is 1. The Morgan fingerprint density at radius 2 is 1.81 bits per heavy atom. The third-order valence-electron chi connectivity index (χ3n) is 5.65. The first-order valence-electron chi connectivity index (χ1n) is 10.7. The quantitative estimate of drug-likeness (QED) is 0.643. The number of benzene rings is 2. The molecule has 0 spiro atoms. The van der Waals surface area contributed by atoms with Gasteiger partial charge in [-0.1, -0.05) is 36.4 Å². The largest absolute Gasteiger partial charge is 0.497 e. The van der Waals surface area contributed by atoms with Crippen molar-refractivity contribution in [1.82, 2.24) is 15.5 Å². The predicted octanol–water partition coefficient (Wildman–Crippen LogP) is 2.78. The maximum atomic E-state index is 12.4. The van der Waals surface area contributed by atoms with Crippen LogP contribution in [0.15, 0.2) is 54.6 Å². The molecule has 164 valence electrons. The van der Waals surface area contributed by atoms with E-state index in [4.69, 9.17) is 4.74 Å². The van der Waals surface area contributed by atoms with Crippen LogP contribution in [0, 0.1) is 0 Å². The summed E-state index contributed by atoms with van der Waals surface area (Å²) in [7, 11) is 1.61. The molecule has 31 heavy (non-hydrogen) atoms. The van der Waals surface area contributed by atoms with Gasteiger partial charge in [-0.25, -0.2) is 0 Å². The lowest BCUT2D eigenvalue weighted by Crippen LogP contribution is -2.49. The summed E-state index contributed by atoms with van der Waals surface area (Å²) in [5, 5.41) is 5.67. The van der Waals surface area contributed by atoms with Gasteiger partial charge in [0.25, 0.3) is 0 Å². The third-order valence-corrected chi connectivity index (χ3v) is 5.65. The average molecular weight is 422 g/mol. The van der Waals surface area contributed by atoms with Gasteiger partial charge in [0.15, 0.2) is 0 Å². The predicted molar refractivity (Wildman–Crippen MR) is 123 cm³/mol. The summed E-state index contributed by atoms with van der Waals surface area (Å²) in [4.78, 5) is 27.0. The lowest BCUT2D eigenvalue weighted by Gasteiger charge is -2.34. The van der Waals surface area contributed by atoms with Gasteiger partial charge in [-0.2, -0.15) is 0 Å². The highest BCUT2D eigenvalue weighted by Gasteiger charge is 2.21. The fourth-order valence-corrected chi connectivity index (χ4v) is 3.64. The van der Waals surface area contributed by atoms with Gasteiger partial charge in [-0.15, -0.1) is 0 Å². The summed E-state index contributed by atoms with van der Waals surface area (Å²) < 4.78 is 5.12. The molecule has 1 aliphatic heterocycles. The van der Waals surface area contributed by atoms with Crippen molar-refractivity contribution in [2.24, 2.45) is 0 Å². The highest BCUT2D eigenvalue weighted by atomic mass is 16.5. The van der Waals surface area contributed by atoms with Gasteiger partial charge < -0.3 is 15.4 Å². The van der Waals surface area contributed by atoms with E-state index >= 15 is 0 Å². The number of nitrogens with one attached hydrogen (secondary N) is 2. The van der Waals surface area contributed by atoms with E-state index in [9.17, 15) is 9.59 Å². The number of hydrogen-bond acceptors (Lipinski definition) is 4. The van der Waals surface area contributed by atoms with Crippen LogP contribution in [-0.2, 0) is 22.6 Å². The number of carbonyl (C=O) groups is 2. The van der Waals surface area contributed by atoms with Gasteiger partial charge in [-0.3, -0.25) is 14.5 Å². The van der Waals surface area contributed by atoms with Crippen molar-refractivity contribution in [2.75, 3.05) is 20.2 Å². The van der Waals surface area contributed by atoms with Gasteiger partial charge in [0.05, 0.1) is 7.11 Å². The van der Waals surface area contributed by atoms with Gasteiger partial charge in [0, 0.05) is 31.8 Å². The minimum Gasteiger partial charge on any atom is -0.497 e. The Morgan fingerprint density at radius 1 is 1.10 bits per heavy atom. The Morgan fingerprint density at radius 3 is 2.52 bits per heavy atom. The smallest absolute Gasteiger partial charge is 0.244 e. The second kappa shape index (κ2) is 10.8. The molecule has 2 aromatic carbocycles. The monoisotopic (exact) mass is 421 g/mol. The molecule has 2 aromatic rings. The normalized spacial score (nSPS) is 15.7. The number of methoxy groups -OCH3 is 1. The third kappa shape index (κ3) is 6.43. The Balaban J connectivity index is 1.42. The van der Waals surface area contributed by atoms with Crippen molar-refractivity contribution in [3.63, 3.8) is 0 Å². The van der Waals surface area contributed by atoms with Crippen LogP contribution in [-0.4, -0.2) is 49.0 Å².